The number of para-hydroxylation sites is 5. The van der Waals surface area contributed by atoms with E-state index in [4.69, 9.17) is 4.42 Å². The van der Waals surface area contributed by atoms with E-state index in [0.717, 1.165) is 61.0 Å². The maximum Gasteiger partial charge on any atom is 0.179 e. The van der Waals surface area contributed by atoms with Crippen molar-refractivity contribution in [3.05, 3.63) is 243 Å². The lowest BCUT2D eigenvalue weighted by Crippen LogP contribution is -2.74. The minimum Gasteiger partial charge on any atom is -0.455 e. The van der Waals surface area contributed by atoms with Crippen molar-refractivity contribution in [2.75, 3.05) is 0 Å². The molecule has 0 aliphatic carbocycles. The predicted molar refractivity (Wildman–Crippen MR) is 271 cm³/mol. The molecule has 0 radical (unpaired) electrons. The fraction of sp³-hybridized carbons (Fsp3) is 0. The number of hydrogen-bond acceptors (Lipinski definition) is 1. The number of aromatic nitrogens is 2. The monoisotopic (exact) mass is 832 g/mol. The second kappa shape index (κ2) is 14.5. The van der Waals surface area contributed by atoms with E-state index in [2.05, 4.69) is 246 Å². The number of furan rings is 1. The zero-order valence-corrected chi connectivity index (χ0v) is 35.9. The Bertz CT molecular complexity index is 3800. The number of hydrogen-bond donors (Lipinski definition) is 0. The van der Waals surface area contributed by atoms with E-state index in [9.17, 15) is 0 Å². The Hall–Kier alpha value is -8.18. The molecule has 0 unspecified atom stereocenters. The van der Waals surface area contributed by atoms with Crippen LogP contribution in [0.5, 0.6) is 0 Å². The quantitative estimate of drug-likeness (QED) is 0.116. The summed E-state index contributed by atoms with van der Waals surface area (Å²) in [6.45, 7) is 0. The van der Waals surface area contributed by atoms with Gasteiger partial charge in [0.25, 0.3) is 0 Å². The van der Waals surface area contributed by atoms with Gasteiger partial charge in [-0.05, 0) is 63.2 Å². The summed E-state index contributed by atoms with van der Waals surface area (Å²) in [6.07, 6.45) is 0. The van der Waals surface area contributed by atoms with Crippen LogP contribution in [0.25, 0.3) is 88.1 Å². The highest BCUT2D eigenvalue weighted by atomic mass is 28.3. The van der Waals surface area contributed by atoms with Crippen molar-refractivity contribution >= 4 is 94.4 Å². The largest absolute Gasteiger partial charge is 0.455 e. The third-order valence-corrected chi connectivity index (χ3v) is 18.2. The third kappa shape index (κ3) is 5.27. The summed E-state index contributed by atoms with van der Waals surface area (Å²) >= 11 is 0. The van der Waals surface area contributed by atoms with Gasteiger partial charge in [0.05, 0.1) is 27.8 Å². The van der Waals surface area contributed by atoms with Gasteiger partial charge in [0.15, 0.2) is 8.07 Å². The Balaban J connectivity index is 1.10. The first kappa shape index (κ1) is 36.5. The fourth-order valence-corrected chi connectivity index (χ4v) is 15.6. The first-order chi connectivity index (χ1) is 31.8. The van der Waals surface area contributed by atoms with E-state index in [-0.39, 0.29) is 0 Å². The molecule has 0 spiro atoms. The average Bonchev–Trinajstić information content (AvgIpc) is 4.04. The smallest absolute Gasteiger partial charge is 0.179 e. The number of nitrogens with zero attached hydrogens (tertiary/aromatic N) is 2. The minimum atomic E-state index is -2.79. The van der Waals surface area contributed by atoms with Crippen LogP contribution in [0, 0.1) is 0 Å². The minimum absolute atomic E-state index is 0.899. The highest BCUT2D eigenvalue weighted by Gasteiger charge is 2.41. The Kier molecular flexibility index (Phi) is 8.23. The van der Waals surface area contributed by atoms with Crippen LogP contribution in [0.1, 0.15) is 0 Å². The SMILES string of the molecule is c1ccc([Si](c2ccccc2)(c2ccccc2)c2cccc(-n3c4ccccc4c4c(-n5c6ccccc6c6cccc(-c7cccc8c7oc7ccccc78)c65)cccc43)c2)cc1. The van der Waals surface area contributed by atoms with Crippen molar-refractivity contribution in [1.29, 1.82) is 0 Å². The summed E-state index contributed by atoms with van der Waals surface area (Å²) in [4.78, 5) is 0. The van der Waals surface area contributed by atoms with Crippen LogP contribution in [-0.4, -0.2) is 17.2 Å². The number of benzene rings is 10. The molecule has 0 bridgehead atoms. The molecule has 3 aromatic heterocycles. The maximum atomic E-state index is 6.70. The van der Waals surface area contributed by atoms with Gasteiger partial charge >= 0.3 is 0 Å². The lowest BCUT2D eigenvalue weighted by molar-refractivity contribution is 0.670. The lowest BCUT2D eigenvalue weighted by Gasteiger charge is -2.34. The molecule has 0 amide bonds. The molecule has 3 nitrogen and oxygen atoms in total. The van der Waals surface area contributed by atoms with Gasteiger partial charge in [-0.3, -0.25) is 0 Å². The summed E-state index contributed by atoms with van der Waals surface area (Å²) < 4.78 is 11.7. The van der Waals surface area contributed by atoms with Crippen LogP contribution >= 0.6 is 0 Å². The van der Waals surface area contributed by atoms with Crippen molar-refractivity contribution in [3.63, 3.8) is 0 Å². The summed E-state index contributed by atoms with van der Waals surface area (Å²) in [7, 11) is -2.79. The van der Waals surface area contributed by atoms with Crippen molar-refractivity contribution < 1.29 is 4.42 Å². The Morgan fingerprint density at radius 2 is 0.828 bits per heavy atom. The van der Waals surface area contributed by atoms with Crippen LogP contribution in [0.15, 0.2) is 247 Å². The van der Waals surface area contributed by atoms with Crippen LogP contribution in [0.2, 0.25) is 0 Å². The summed E-state index contributed by atoms with van der Waals surface area (Å²) in [5.74, 6) is 0. The zero-order valence-electron chi connectivity index (χ0n) is 34.9. The van der Waals surface area contributed by atoms with Gasteiger partial charge in [0, 0.05) is 49.1 Å². The highest BCUT2D eigenvalue weighted by Crippen LogP contribution is 2.44. The van der Waals surface area contributed by atoms with Gasteiger partial charge in [-0.15, -0.1) is 0 Å². The second-order valence-corrected chi connectivity index (χ2v) is 20.6. The van der Waals surface area contributed by atoms with Crippen LogP contribution in [0.4, 0.5) is 0 Å². The van der Waals surface area contributed by atoms with E-state index in [1.807, 2.05) is 6.07 Å². The van der Waals surface area contributed by atoms with Crippen LogP contribution in [0.3, 0.4) is 0 Å². The standard InChI is InChI=1S/C60H40N2OSi/c1-4-21-42(22-5-1)64(43-23-6-2-7-24-43,44-25-8-3-9-26-44)45-27-16-20-41(40-45)61-54-36-14-11-30-52(54)58-55(61)37-19-38-56(58)62-53-35-13-10-28-46(53)48-31-17-32-49(59(48)62)51-34-18-33-50-47-29-12-15-39-57(47)63-60(50)51/h1-40H. The molecule has 0 N–H and O–H groups in total. The molecule has 0 aliphatic heterocycles. The van der Waals surface area contributed by atoms with Gasteiger partial charge in [0.1, 0.15) is 11.2 Å². The number of rotatable bonds is 7. The molecule has 0 fully saturated rings. The zero-order chi connectivity index (χ0) is 42.2. The normalized spacial score (nSPS) is 12.1. The average molecular weight is 833 g/mol. The Labute approximate surface area is 371 Å². The molecule has 0 aliphatic rings. The lowest BCUT2D eigenvalue weighted by atomic mass is 9.99. The summed E-state index contributed by atoms with van der Waals surface area (Å²) in [5.41, 5.74) is 10.9. The second-order valence-electron chi connectivity index (χ2n) is 16.8. The first-order valence-corrected chi connectivity index (χ1v) is 24.0. The van der Waals surface area contributed by atoms with Crippen molar-refractivity contribution in [2.45, 2.75) is 0 Å². The summed E-state index contributed by atoms with van der Waals surface area (Å²) in [6, 6.07) is 89.2. The molecule has 13 aromatic rings. The predicted octanol–water partition coefficient (Wildman–Crippen LogP) is 12.8. The molecule has 13 rings (SSSR count). The van der Waals surface area contributed by atoms with Crippen molar-refractivity contribution in [3.8, 4) is 22.5 Å². The van der Waals surface area contributed by atoms with Crippen molar-refractivity contribution in [2.24, 2.45) is 0 Å². The van der Waals surface area contributed by atoms with Crippen LogP contribution in [-0.2, 0) is 0 Å². The molecule has 3 heterocycles. The molecule has 4 heteroatoms. The van der Waals surface area contributed by atoms with Gasteiger partial charge in [0.2, 0.25) is 0 Å². The first-order valence-electron chi connectivity index (χ1n) is 22.0. The molecule has 0 saturated heterocycles. The van der Waals surface area contributed by atoms with Gasteiger partial charge < -0.3 is 13.6 Å². The van der Waals surface area contributed by atoms with E-state index in [1.54, 1.807) is 0 Å². The van der Waals surface area contributed by atoms with Gasteiger partial charge in [-0.2, -0.15) is 0 Å². The number of fused-ring (bicyclic) bond motifs is 9. The van der Waals surface area contributed by atoms with E-state index in [1.165, 1.54) is 47.8 Å². The van der Waals surface area contributed by atoms with Crippen molar-refractivity contribution in [1.82, 2.24) is 9.13 Å². The molecular weight excluding hydrogens is 793 g/mol. The molecule has 300 valence electrons. The fourth-order valence-electron chi connectivity index (χ4n) is 10.9. The van der Waals surface area contributed by atoms with E-state index >= 15 is 0 Å². The van der Waals surface area contributed by atoms with Crippen LogP contribution < -0.4 is 20.7 Å². The Morgan fingerprint density at radius 3 is 1.53 bits per heavy atom. The van der Waals surface area contributed by atoms with E-state index < -0.39 is 8.07 Å². The van der Waals surface area contributed by atoms with E-state index in [0.29, 0.717) is 0 Å². The van der Waals surface area contributed by atoms with Gasteiger partial charge in [-0.25, -0.2) is 0 Å². The maximum absolute atomic E-state index is 6.70. The third-order valence-electron chi connectivity index (χ3n) is 13.5. The molecule has 10 aromatic carbocycles. The molecule has 64 heavy (non-hydrogen) atoms. The molecule has 0 atom stereocenters. The highest BCUT2D eigenvalue weighted by molar-refractivity contribution is 7.19. The molecule has 0 saturated carbocycles. The Morgan fingerprint density at radius 1 is 0.328 bits per heavy atom. The van der Waals surface area contributed by atoms with Gasteiger partial charge in [-0.1, -0.05) is 200 Å². The topological polar surface area (TPSA) is 23.0 Å². The summed E-state index contributed by atoms with van der Waals surface area (Å²) in [5, 5.41) is 12.5. The molecular formula is C60H40N2OSi.